The van der Waals surface area contributed by atoms with Crippen molar-refractivity contribution in [1.82, 2.24) is 0 Å². The first-order valence-electron chi connectivity index (χ1n) is 10.2. The molecule has 0 fully saturated rings. The van der Waals surface area contributed by atoms with E-state index in [1.54, 1.807) is 24.3 Å². The van der Waals surface area contributed by atoms with E-state index in [0.29, 0.717) is 6.61 Å². The van der Waals surface area contributed by atoms with E-state index in [1.807, 2.05) is 79.7 Å². The number of phenols is 2. The minimum Gasteiger partial charge on any atom is -0.508 e. The van der Waals surface area contributed by atoms with Gasteiger partial charge in [-0.05, 0) is 77.7 Å². The minimum atomic E-state index is -0.115. The van der Waals surface area contributed by atoms with Crippen molar-refractivity contribution < 1.29 is 19.7 Å². The fraction of sp³-hybridized carbons (Fsp3) is 0.111. The number of phenolic OH excluding ortho intramolecular Hbond substituents is 2. The van der Waals surface area contributed by atoms with E-state index in [-0.39, 0.29) is 17.6 Å². The smallest absolute Gasteiger partial charge is 0.130 e. The van der Waals surface area contributed by atoms with Crippen LogP contribution in [0.5, 0.6) is 23.0 Å². The maximum atomic E-state index is 9.41. The van der Waals surface area contributed by atoms with Gasteiger partial charge in [0.25, 0.3) is 0 Å². The van der Waals surface area contributed by atoms with Gasteiger partial charge in [-0.25, -0.2) is 0 Å². The molecule has 0 amide bonds. The molecule has 4 rings (SSSR count). The first-order valence-corrected chi connectivity index (χ1v) is 10.2. The van der Waals surface area contributed by atoms with Gasteiger partial charge in [-0.2, -0.15) is 0 Å². The summed E-state index contributed by atoms with van der Waals surface area (Å²) in [7, 11) is 0. The summed E-state index contributed by atoms with van der Waals surface area (Å²) in [6.45, 7) is 2.40. The molecule has 4 aromatic rings. The molecule has 1 unspecified atom stereocenters. The zero-order valence-corrected chi connectivity index (χ0v) is 17.2. The van der Waals surface area contributed by atoms with E-state index in [2.05, 4.69) is 0 Å². The van der Waals surface area contributed by atoms with Crippen molar-refractivity contribution in [1.29, 1.82) is 0 Å². The van der Waals surface area contributed by atoms with E-state index >= 15 is 0 Å². The lowest BCUT2D eigenvalue weighted by Crippen LogP contribution is -2.21. The fourth-order valence-electron chi connectivity index (χ4n) is 3.26. The largest absolute Gasteiger partial charge is 0.508 e. The summed E-state index contributed by atoms with van der Waals surface area (Å²) >= 11 is 0. The second kappa shape index (κ2) is 9.26. The molecular weight excluding hydrogens is 388 g/mol. The van der Waals surface area contributed by atoms with Gasteiger partial charge in [-0.3, -0.25) is 0 Å². The van der Waals surface area contributed by atoms with Crippen molar-refractivity contribution >= 4 is 0 Å². The summed E-state index contributed by atoms with van der Waals surface area (Å²) in [4.78, 5) is 0. The second-order valence-corrected chi connectivity index (χ2v) is 7.38. The summed E-state index contributed by atoms with van der Waals surface area (Å²) in [5.74, 6) is 2.07. The molecule has 31 heavy (non-hydrogen) atoms. The quantitative estimate of drug-likeness (QED) is 0.375. The highest BCUT2D eigenvalue weighted by atomic mass is 16.5. The van der Waals surface area contributed by atoms with Gasteiger partial charge in [0, 0.05) is 0 Å². The van der Waals surface area contributed by atoms with Crippen LogP contribution in [0.1, 0.15) is 6.92 Å². The molecule has 0 radical (unpaired) electrons. The SMILES string of the molecule is CC(COc1ccc(-c2ccc(O)cc2)cc1)Oc1ccc(-c2ccc(O)cc2)cc1. The van der Waals surface area contributed by atoms with Gasteiger partial charge in [0.05, 0.1) is 0 Å². The van der Waals surface area contributed by atoms with Crippen LogP contribution in [0.4, 0.5) is 0 Å². The van der Waals surface area contributed by atoms with E-state index < -0.39 is 0 Å². The van der Waals surface area contributed by atoms with Crippen LogP contribution < -0.4 is 9.47 Å². The molecule has 4 heteroatoms. The fourth-order valence-corrected chi connectivity index (χ4v) is 3.26. The van der Waals surface area contributed by atoms with Crippen LogP contribution in [0.25, 0.3) is 22.3 Å². The third kappa shape index (κ3) is 5.37. The summed E-state index contributed by atoms with van der Waals surface area (Å²) in [6, 6.07) is 30.0. The zero-order valence-electron chi connectivity index (χ0n) is 17.2. The molecule has 2 N–H and O–H groups in total. The summed E-state index contributed by atoms with van der Waals surface area (Å²) in [5, 5.41) is 18.8. The lowest BCUT2D eigenvalue weighted by Gasteiger charge is -2.16. The maximum Gasteiger partial charge on any atom is 0.130 e. The number of aromatic hydroxyl groups is 2. The Morgan fingerprint density at radius 2 is 0.903 bits per heavy atom. The standard InChI is InChI=1S/C27H24O4/c1-19(31-27-16-8-23(9-17-27)21-4-12-25(29)13-5-21)18-30-26-14-6-22(7-15-26)20-2-10-24(28)11-3-20/h2-17,19,28-29H,18H2,1H3. The Morgan fingerprint density at radius 1 is 0.548 bits per heavy atom. The van der Waals surface area contributed by atoms with Gasteiger partial charge in [0.15, 0.2) is 0 Å². The lowest BCUT2D eigenvalue weighted by molar-refractivity contribution is 0.143. The maximum absolute atomic E-state index is 9.41. The van der Waals surface area contributed by atoms with Crippen LogP contribution in [0.3, 0.4) is 0 Å². The van der Waals surface area contributed by atoms with Crippen LogP contribution >= 0.6 is 0 Å². The van der Waals surface area contributed by atoms with E-state index in [4.69, 9.17) is 9.47 Å². The molecule has 4 nitrogen and oxygen atoms in total. The molecule has 0 aliphatic carbocycles. The van der Waals surface area contributed by atoms with Crippen molar-refractivity contribution in [3.8, 4) is 45.3 Å². The first-order chi connectivity index (χ1) is 15.1. The zero-order chi connectivity index (χ0) is 21.6. The monoisotopic (exact) mass is 412 g/mol. The Labute approximate surface area is 182 Å². The number of hydrogen-bond donors (Lipinski definition) is 2. The van der Waals surface area contributed by atoms with Gasteiger partial charge in [0.1, 0.15) is 35.7 Å². The molecule has 0 aromatic heterocycles. The first kappa shape index (κ1) is 20.4. The van der Waals surface area contributed by atoms with Crippen LogP contribution in [0.15, 0.2) is 97.1 Å². The van der Waals surface area contributed by atoms with Gasteiger partial charge < -0.3 is 19.7 Å². The molecule has 0 heterocycles. The number of ether oxygens (including phenoxy) is 2. The van der Waals surface area contributed by atoms with Crippen molar-refractivity contribution in [2.75, 3.05) is 6.61 Å². The summed E-state index contributed by atoms with van der Waals surface area (Å²) in [5.41, 5.74) is 4.20. The van der Waals surface area contributed by atoms with Gasteiger partial charge in [-0.1, -0.05) is 48.5 Å². The van der Waals surface area contributed by atoms with Gasteiger partial charge in [0.2, 0.25) is 0 Å². The lowest BCUT2D eigenvalue weighted by atomic mass is 10.1. The van der Waals surface area contributed by atoms with Gasteiger partial charge in [-0.15, -0.1) is 0 Å². The molecular formula is C27H24O4. The predicted molar refractivity (Wildman–Crippen MR) is 123 cm³/mol. The van der Waals surface area contributed by atoms with Crippen LogP contribution in [0, 0.1) is 0 Å². The number of rotatable bonds is 7. The third-order valence-corrected chi connectivity index (χ3v) is 4.93. The average Bonchev–Trinajstić information content (AvgIpc) is 2.80. The molecule has 0 saturated carbocycles. The van der Waals surface area contributed by atoms with Crippen molar-refractivity contribution in [2.45, 2.75) is 13.0 Å². The van der Waals surface area contributed by atoms with Crippen LogP contribution in [-0.4, -0.2) is 22.9 Å². The van der Waals surface area contributed by atoms with E-state index in [0.717, 1.165) is 33.8 Å². The third-order valence-electron chi connectivity index (χ3n) is 4.93. The van der Waals surface area contributed by atoms with E-state index in [9.17, 15) is 10.2 Å². The van der Waals surface area contributed by atoms with Crippen LogP contribution in [0.2, 0.25) is 0 Å². The Morgan fingerprint density at radius 3 is 1.32 bits per heavy atom. The molecule has 0 bridgehead atoms. The Hall–Kier alpha value is -3.92. The van der Waals surface area contributed by atoms with Crippen molar-refractivity contribution in [2.24, 2.45) is 0 Å². The summed E-state index contributed by atoms with van der Waals surface area (Å²) in [6.07, 6.45) is -0.115. The molecule has 0 spiro atoms. The highest BCUT2D eigenvalue weighted by molar-refractivity contribution is 5.65. The average molecular weight is 412 g/mol. The van der Waals surface area contributed by atoms with Gasteiger partial charge >= 0.3 is 0 Å². The Balaban J connectivity index is 1.30. The molecule has 0 aliphatic heterocycles. The predicted octanol–water partition coefficient (Wildman–Crippen LogP) is 6.28. The van der Waals surface area contributed by atoms with Crippen molar-refractivity contribution in [3.05, 3.63) is 97.1 Å². The van der Waals surface area contributed by atoms with E-state index in [1.165, 1.54) is 0 Å². The molecule has 1 atom stereocenters. The molecule has 0 aliphatic rings. The molecule has 4 aromatic carbocycles. The number of hydrogen-bond acceptors (Lipinski definition) is 4. The van der Waals surface area contributed by atoms with Crippen LogP contribution in [-0.2, 0) is 0 Å². The van der Waals surface area contributed by atoms with Crippen molar-refractivity contribution in [3.63, 3.8) is 0 Å². The normalized spacial score (nSPS) is 11.6. The topological polar surface area (TPSA) is 58.9 Å². The minimum absolute atomic E-state index is 0.115. The molecule has 156 valence electrons. The summed E-state index contributed by atoms with van der Waals surface area (Å²) < 4.78 is 11.8. The molecule has 0 saturated heterocycles. The second-order valence-electron chi connectivity index (χ2n) is 7.38. The highest BCUT2D eigenvalue weighted by Gasteiger charge is 2.07. The Kier molecular flexibility index (Phi) is 6.08. The number of benzene rings is 4. The highest BCUT2D eigenvalue weighted by Crippen LogP contribution is 2.26. The Bertz CT molecular complexity index is 1100.